The maximum atomic E-state index is 12.4. The fraction of sp³-hybridized carbons (Fsp3) is 0.200. The molecule has 0 spiro atoms. The average molecular weight is 334 g/mol. The standard InChI is InChI=1S/C20H18N2O3/c21-19(23)16-5-3-4-15-12-17(25-18(15)16)13-6-8-14(9-7-13)20(24)22-10-1-2-11-22/h3-9,12H,1-2,10-11H2,(H2,21,23). The average Bonchev–Trinajstić information content (AvgIpc) is 3.30. The van der Waals surface area contributed by atoms with Crippen molar-refractivity contribution < 1.29 is 14.0 Å². The first kappa shape index (κ1) is 15.4. The highest BCUT2D eigenvalue weighted by Crippen LogP contribution is 2.30. The molecule has 0 atom stereocenters. The number of nitrogens with two attached hydrogens (primary N) is 1. The van der Waals surface area contributed by atoms with Crippen molar-refractivity contribution in [2.24, 2.45) is 5.73 Å². The first-order chi connectivity index (χ1) is 12.1. The van der Waals surface area contributed by atoms with E-state index in [1.165, 1.54) is 0 Å². The first-order valence-corrected chi connectivity index (χ1v) is 8.35. The van der Waals surface area contributed by atoms with Crippen LogP contribution in [0.1, 0.15) is 33.6 Å². The third-order valence-corrected chi connectivity index (χ3v) is 4.62. The number of hydrogen-bond acceptors (Lipinski definition) is 3. The third-order valence-electron chi connectivity index (χ3n) is 4.62. The van der Waals surface area contributed by atoms with Crippen molar-refractivity contribution in [2.45, 2.75) is 12.8 Å². The molecule has 1 fully saturated rings. The van der Waals surface area contributed by atoms with E-state index in [2.05, 4.69) is 0 Å². The van der Waals surface area contributed by atoms with Gasteiger partial charge in [-0.15, -0.1) is 0 Å². The fourth-order valence-corrected chi connectivity index (χ4v) is 3.28. The number of nitrogens with zero attached hydrogens (tertiary/aromatic N) is 1. The van der Waals surface area contributed by atoms with Crippen molar-refractivity contribution >= 4 is 22.8 Å². The minimum Gasteiger partial charge on any atom is -0.455 e. The second-order valence-electron chi connectivity index (χ2n) is 6.28. The Morgan fingerprint density at radius 2 is 1.72 bits per heavy atom. The van der Waals surface area contributed by atoms with Crippen LogP contribution in [0.2, 0.25) is 0 Å². The van der Waals surface area contributed by atoms with E-state index in [4.69, 9.17) is 10.2 Å². The van der Waals surface area contributed by atoms with Crippen LogP contribution >= 0.6 is 0 Å². The fourth-order valence-electron chi connectivity index (χ4n) is 3.28. The van der Waals surface area contributed by atoms with Crippen LogP contribution in [0.25, 0.3) is 22.3 Å². The van der Waals surface area contributed by atoms with E-state index in [1.807, 2.05) is 41.3 Å². The molecule has 0 saturated carbocycles. The van der Waals surface area contributed by atoms with E-state index in [0.717, 1.165) is 36.9 Å². The highest BCUT2D eigenvalue weighted by Gasteiger charge is 2.19. The van der Waals surface area contributed by atoms with Gasteiger partial charge in [-0.05, 0) is 37.1 Å². The van der Waals surface area contributed by atoms with Crippen LogP contribution < -0.4 is 5.73 Å². The summed E-state index contributed by atoms with van der Waals surface area (Å²) in [6.45, 7) is 1.67. The van der Waals surface area contributed by atoms with Gasteiger partial charge >= 0.3 is 0 Å². The van der Waals surface area contributed by atoms with Gasteiger partial charge in [0.1, 0.15) is 11.3 Å². The molecule has 0 unspecified atom stereocenters. The van der Waals surface area contributed by atoms with Gasteiger partial charge in [-0.2, -0.15) is 0 Å². The summed E-state index contributed by atoms with van der Waals surface area (Å²) in [5.41, 5.74) is 7.78. The van der Waals surface area contributed by atoms with Crippen molar-refractivity contribution in [3.05, 3.63) is 59.7 Å². The lowest BCUT2D eigenvalue weighted by atomic mass is 10.1. The zero-order valence-corrected chi connectivity index (χ0v) is 13.7. The maximum Gasteiger partial charge on any atom is 0.253 e. The largest absolute Gasteiger partial charge is 0.455 e. The minimum absolute atomic E-state index is 0.0738. The third kappa shape index (κ3) is 2.78. The van der Waals surface area contributed by atoms with Crippen molar-refractivity contribution in [3.63, 3.8) is 0 Å². The molecule has 25 heavy (non-hydrogen) atoms. The zero-order chi connectivity index (χ0) is 17.4. The molecular weight excluding hydrogens is 316 g/mol. The molecular formula is C20H18N2O3. The number of hydrogen-bond donors (Lipinski definition) is 1. The molecule has 2 aromatic carbocycles. The van der Waals surface area contributed by atoms with Gasteiger partial charge in [-0.3, -0.25) is 9.59 Å². The molecule has 0 radical (unpaired) electrons. The van der Waals surface area contributed by atoms with Gasteiger partial charge in [-0.1, -0.05) is 24.3 Å². The molecule has 5 heteroatoms. The van der Waals surface area contributed by atoms with Crippen molar-refractivity contribution in [3.8, 4) is 11.3 Å². The molecule has 2 amide bonds. The number of carbonyl (C=O) groups excluding carboxylic acids is 2. The van der Waals surface area contributed by atoms with E-state index >= 15 is 0 Å². The highest BCUT2D eigenvalue weighted by molar-refractivity contribution is 6.05. The molecule has 0 bridgehead atoms. The van der Waals surface area contributed by atoms with Gasteiger partial charge in [0.15, 0.2) is 0 Å². The number of para-hydroxylation sites is 1. The van der Waals surface area contributed by atoms with Crippen molar-refractivity contribution in [2.75, 3.05) is 13.1 Å². The molecule has 1 aromatic heterocycles. The van der Waals surface area contributed by atoms with E-state index in [-0.39, 0.29) is 5.91 Å². The Morgan fingerprint density at radius 1 is 1.00 bits per heavy atom. The zero-order valence-electron chi connectivity index (χ0n) is 13.7. The Balaban J connectivity index is 1.66. The SMILES string of the molecule is NC(=O)c1cccc2cc(-c3ccc(C(=O)N4CCCC4)cc3)oc12. The number of primary amides is 1. The van der Waals surface area contributed by atoms with Gasteiger partial charge < -0.3 is 15.1 Å². The van der Waals surface area contributed by atoms with Gasteiger partial charge in [0, 0.05) is 29.6 Å². The topological polar surface area (TPSA) is 76.5 Å². The summed E-state index contributed by atoms with van der Waals surface area (Å²) in [7, 11) is 0. The molecule has 1 aliphatic rings. The summed E-state index contributed by atoms with van der Waals surface area (Å²) < 4.78 is 5.85. The van der Waals surface area contributed by atoms with E-state index in [9.17, 15) is 9.59 Å². The van der Waals surface area contributed by atoms with E-state index in [1.54, 1.807) is 12.1 Å². The Labute approximate surface area is 145 Å². The monoisotopic (exact) mass is 334 g/mol. The first-order valence-electron chi connectivity index (χ1n) is 8.35. The summed E-state index contributed by atoms with van der Waals surface area (Å²) in [5.74, 6) is 0.201. The predicted octanol–water partition coefficient (Wildman–Crippen LogP) is 3.43. The Kier molecular flexibility index (Phi) is 3.76. The van der Waals surface area contributed by atoms with Crippen molar-refractivity contribution in [1.29, 1.82) is 0 Å². The number of carbonyl (C=O) groups is 2. The molecule has 5 nitrogen and oxygen atoms in total. The number of rotatable bonds is 3. The number of amides is 2. The molecule has 126 valence electrons. The maximum absolute atomic E-state index is 12.4. The second kappa shape index (κ2) is 6.09. The van der Waals surface area contributed by atoms with Crippen molar-refractivity contribution in [1.82, 2.24) is 4.90 Å². The Bertz CT molecular complexity index is 951. The molecule has 2 N–H and O–H groups in total. The van der Waals surface area contributed by atoms with Gasteiger partial charge in [-0.25, -0.2) is 0 Å². The number of fused-ring (bicyclic) bond motifs is 1. The Morgan fingerprint density at radius 3 is 2.40 bits per heavy atom. The van der Waals surface area contributed by atoms with E-state index < -0.39 is 5.91 Å². The predicted molar refractivity (Wildman–Crippen MR) is 95.3 cm³/mol. The van der Waals surface area contributed by atoms with Crippen LogP contribution in [0.3, 0.4) is 0 Å². The van der Waals surface area contributed by atoms with Crippen LogP contribution in [0.5, 0.6) is 0 Å². The summed E-state index contributed by atoms with van der Waals surface area (Å²) in [6.07, 6.45) is 2.15. The lowest BCUT2D eigenvalue weighted by molar-refractivity contribution is 0.0792. The quantitative estimate of drug-likeness (QED) is 0.797. The number of benzene rings is 2. The lowest BCUT2D eigenvalue weighted by Crippen LogP contribution is -2.27. The van der Waals surface area contributed by atoms with Gasteiger partial charge in [0.2, 0.25) is 0 Å². The molecule has 3 aromatic rings. The van der Waals surface area contributed by atoms with Crippen LogP contribution in [0, 0.1) is 0 Å². The molecule has 2 heterocycles. The summed E-state index contributed by atoms with van der Waals surface area (Å²) in [5, 5.41) is 0.823. The highest BCUT2D eigenvalue weighted by atomic mass is 16.3. The molecule has 1 saturated heterocycles. The molecule has 1 aliphatic heterocycles. The second-order valence-corrected chi connectivity index (χ2v) is 6.28. The van der Waals surface area contributed by atoms with Crippen LogP contribution in [-0.2, 0) is 0 Å². The van der Waals surface area contributed by atoms with Gasteiger partial charge in [0.05, 0.1) is 5.56 Å². The minimum atomic E-state index is -0.516. The van der Waals surface area contributed by atoms with E-state index in [0.29, 0.717) is 22.5 Å². The summed E-state index contributed by atoms with van der Waals surface area (Å²) in [4.78, 5) is 25.8. The summed E-state index contributed by atoms with van der Waals surface area (Å²) in [6, 6.07) is 14.5. The lowest BCUT2D eigenvalue weighted by Gasteiger charge is -2.15. The normalized spacial score (nSPS) is 14.2. The Hall–Kier alpha value is -3.08. The molecule has 0 aliphatic carbocycles. The van der Waals surface area contributed by atoms with Gasteiger partial charge in [0.25, 0.3) is 11.8 Å². The van der Waals surface area contributed by atoms with Crippen LogP contribution in [-0.4, -0.2) is 29.8 Å². The smallest absolute Gasteiger partial charge is 0.253 e. The van der Waals surface area contributed by atoms with Crippen LogP contribution in [0.4, 0.5) is 0 Å². The summed E-state index contributed by atoms with van der Waals surface area (Å²) >= 11 is 0. The number of likely N-dealkylation sites (tertiary alicyclic amines) is 1. The van der Waals surface area contributed by atoms with Crippen LogP contribution in [0.15, 0.2) is 52.9 Å². The number of furan rings is 1. The molecule has 4 rings (SSSR count).